The number of hydrogen-bond donors (Lipinski definition) is 1. The van der Waals surface area contributed by atoms with Gasteiger partial charge >= 0.3 is 0 Å². The van der Waals surface area contributed by atoms with Gasteiger partial charge in [-0.1, -0.05) is 12.1 Å². The molecule has 0 bridgehead atoms. The van der Waals surface area contributed by atoms with Crippen molar-refractivity contribution in [1.82, 2.24) is 24.9 Å². The summed E-state index contributed by atoms with van der Waals surface area (Å²) in [5, 5.41) is 11.0. The zero-order valence-electron chi connectivity index (χ0n) is 14.8. The van der Waals surface area contributed by atoms with Crippen LogP contribution in [0, 0.1) is 27.7 Å². The van der Waals surface area contributed by atoms with Crippen LogP contribution in [0.25, 0.3) is 5.78 Å². The molecule has 1 amide bonds. The first-order chi connectivity index (χ1) is 12.0. The maximum atomic E-state index is 12.1. The first kappa shape index (κ1) is 16.9. The van der Waals surface area contributed by atoms with Gasteiger partial charge in [-0.05, 0) is 51.0 Å². The molecule has 25 heavy (non-hydrogen) atoms. The van der Waals surface area contributed by atoms with Crippen LogP contribution >= 0.6 is 0 Å². The molecule has 2 heterocycles. The number of nitrogens with one attached hydrogen (secondary N) is 1. The fourth-order valence-corrected chi connectivity index (χ4v) is 2.66. The van der Waals surface area contributed by atoms with E-state index in [0.29, 0.717) is 11.6 Å². The molecule has 0 radical (unpaired) electrons. The standard InChI is InChI=1S/C18H21N5O2/c1-11-6-5-7-15(14(11)4)25-10-17(24)19-9-16-21-22-18-20-12(2)8-13(3)23(16)18/h5-8H,9-10H2,1-4H3,(H,19,24). The lowest BCUT2D eigenvalue weighted by Crippen LogP contribution is -2.29. The first-order valence-electron chi connectivity index (χ1n) is 8.09. The number of ether oxygens (including phenoxy) is 1. The van der Waals surface area contributed by atoms with Crippen LogP contribution in [0.3, 0.4) is 0 Å². The molecule has 3 rings (SSSR count). The molecule has 0 saturated carbocycles. The van der Waals surface area contributed by atoms with Crippen LogP contribution < -0.4 is 10.1 Å². The average Bonchev–Trinajstić information content (AvgIpc) is 2.97. The number of aryl methyl sites for hydroxylation is 3. The van der Waals surface area contributed by atoms with E-state index in [-0.39, 0.29) is 19.1 Å². The number of amides is 1. The molecule has 0 unspecified atom stereocenters. The van der Waals surface area contributed by atoms with Gasteiger partial charge in [0.2, 0.25) is 0 Å². The Bertz CT molecular complexity index is 933. The van der Waals surface area contributed by atoms with E-state index in [1.807, 2.05) is 56.4 Å². The lowest BCUT2D eigenvalue weighted by molar-refractivity contribution is -0.123. The summed E-state index contributed by atoms with van der Waals surface area (Å²) in [5.74, 6) is 1.68. The van der Waals surface area contributed by atoms with Gasteiger partial charge in [-0.25, -0.2) is 4.98 Å². The molecule has 0 aliphatic carbocycles. The molecule has 3 aromatic rings. The molecule has 130 valence electrons. The van der Waals surface area contributed by atoms with Crippen molar-refractivity contribution in [3.63, 3.8) is 0 Å². The van der Waals surface area contributed by atoms with Crippen LogP contribution in [0.2, 0.25) is 0 Å². The number of carbonyl (C=O) groups is 1. The zero-order chi connectivity index (χ0) is 18.0. The highest BCUT2D eigenvalue weighted by molar-refractivity contribution is 5.77. The predicted molar refractivity (Wildman–Crippen MR) is 93.5 cm³/mol. The lowest BCUT2D eigenvalue weighted by Gasteiger charge is -2.11. The summed E-state index contributed by atoms with van der Waals surface area (Å²) in [5.41, 5.74) is 4.03. The maximum Gasteiger partial charge on any atom is 0.258 e. The van der Waals surface area contributed by atoms with E-state index < -0.39 is 0 Å². The van der Waals surface area contributed by atoms with Crippen molar-refractivity contribution in [2.24, 2.45) is 0 Å². The second-order valence-electron chi connectivity index (χ2n) is 6.05. The number of hydrogen-bond acceptors (Lipinski definition) is 5. The Morgan fingerprint density at radius 2 is 2.00 bits per heavy atom. The van der Waals surface area contributed by atoms with Gasteiger partial charge in [0.05, 0.1) is 6.54 Å². The molecule has 0 fully saturated rings. The second kappa shape index (κ2) is 6.88. The third-order valence-corrected chi connectivity index (χ3v) is 4.12. The summed E-state index contributed by atoms with van der Waals surface area (Å²) < 4.78 is 7.44. The van der Waals surface area contributed by atoms with Gasteiger partial charge in [0.1, 0.15) is 5.75 Å². The molecular formula is C18H21N5O2. The third kappa shape index (κ3) is 3.60. The summed E-state index contributed by atoms with van der Waals surface area (Å²) in [6, 6.07) is 7.73. The Hall–Kier alpha value is -2.96. The van der Waals surface area contributed by atoms with Gasteiger partial charge in [0.25, 0.3) is 11.7 Å². The van der Waals surface area contributed by atoms with Crippen molar-refractivity contribution < 1.29 is 9.53 Å². The Morgan fingerprint density at radius 1 is 1.20 bits per heavy atom. The van der Waals surface area contributed by atoms with Gasteiger partial charge < -0.3 is 10.1 Å². The second-order valence-corrected chi connectivity index (χ2v) is 6.05. The number of rotatable bonds is 5. The van der Waals surface area contributed by atoms with E-state index in [1.165, 1.54) is 0 Å². The molecule has 0 atom stereocenters. The van der Waals surface area contributed by atoms with Crippen LogP contribution in [0.15, 0.2) is 24.3 Å². The molecule has 1 aromatic carbocycles. The van der Waals surface area contributed by atoms with E-state index in [4.69, 9.17) is 4.74 Å². The molecule has 7 nitrogen and oxygen atoms in total. The maximum absolute atomic E-state index is 12.1. The topological polar surface area (TPSA) is 81.4 Å². The van der Waals surface area contributed by atoms with Gasteiger partial charge in [0, 0.05) is 11.4 Å². The smallest absolute Gasteiger partial charge is 0.258 e. The van der Waals surface area contributed by atoms with Crippen LogP contribution in [-0.2, 0) is 11.3 Å². The number of aromatic nitrogens is 4. The van der Waals surface area contributed by atoms with E-state index in [2.05, 4.69) is 20.5 Å². The fraction of sp³-hybridized carbons (Fsp3) is 0.333. The Balaban J connectivity index is 1.62. The van der Waals surface area contributed by atoms with E-state index in [1.54, 1.807) is 0 Å². The number of carbonyl (C=O) groups excluding carboxylic acids is 1. The summed E-state index contributed by atoms with van der Waals surface area (Å²) in [7, 11) is 0. The monoisotopic (exact) mass is 339 g/mol. The third-order valence-electron chi connectivity index (χ3n) is 4.12. The van der Waals surface area contributed by atoms with E-state index in [9.17, 15) is 4.79 Å². The summed E-state index contributed by atoms with van der Waals surface area (Å²) in [4.78, 5) is 16.4. The lowest BCUT2D eigenvalue weighted by atomic mass is 10.1. The average molecular weight is 339 g/mol. The summed E-state index contributed by atoms with van der Waals surface area (Å²) in [6.07, 6.45) is 0. The molecule has 0 aliphatic heterocycles. The van der Waals surface area contributed by atoms with Crippen molar-refractivity contribution in [1.29, 1.82) is 0 Å². The van der Waals surface area contributed by atoms with Crippen LogP contribution in [0.4, 0.5) is 0 Å². The van der Waals surface area contributed by atoms with E-state index >= 15 is 0 Å². The van der Waals surface area contributed by atoms with Gasteiger partial charge in [-0.15, -0.1) is 10.2 Å². The number of fused-ring (bicyclic) bond motifs is 1. The molecule has 2 aromatic heterocycles. The van der Waals surface area contributed by atoms with Gasteiger partial charge in [-0.2, -0.15) is 0 Å². The number of benzene rings is 1. The minimum Gasteiger partial charge on any atom is -0.483 e. The molecule has 0 aliphatic rings. The minimum absolute atomic E-state index is 0.0443. The van der Waals surface area contributed by atoms with Crippen LogP contribution in [-0.4, -0.2) is 32.1 Å². The van der Waals surface area contributed by atoms with Crippen molar-refractivity contribution in [2.45, 2.75) is 34.2 Å². The number of nitrogens with zero attached hydrogens (tertiary/aromatic N) is 4. The first-order valence-corrected chi connectivity index (χ1v) is 8.09. The molecule has 1 N–H and O–H groups in total. The normalized spacial score (nSPS) is 10.9. The molecule has 0 saturated heterocycles. The Kier molecular flexibility index (Phi) is 4.65. The minimum atomic E-state index is -0.213. The quantitative estimate of drug-likeness (QED) is 0.769. The summed E-state index contributed by atoms with van der Waals surface area (Å²) >= 11 is 0. The van der Waals surface area contributed by atoms with Crippen molar-refractivity contribution in [3.05, 3.63) is 52.6 Å². The highest BCUT2D eigenvalue weighted by atomic mass is 16.5. The largest absolute Gasteiger partial charge is 0.483 e. The molecular weight excluding hydrogens is 318 g/mol. The zero-order valence-corrected chi connectivity index (χ0v) is 14.8. The van der Waals surface area contributed by atoms with Crippen molar-refractivity contribution in [3.8, 4) is 5.75 Å². The van der Waals surface area contributed by atoms with Gasteiger partial charge in [-0.3, -0.25) is 9.20 Å². The Morgan fingerprint density at radius 3 is 2.80 bits per heavy atom. The highest BCUT2D eigenvalue weighted by Gasteiger charge is 2.11. The van der Waals surface area contributed by atoms with E-state index in [0.717, 1.165) is 28.3 Å². The van der Waals surface area contributed by atoms with Crippen LogP contribution in [0.5, 0.6) is 5.75 Å². The van der Waals surface area contributed by atoms with Crippen molar-refractivity contribution in [2.75, 3.05) is 6.61 Å². The Labute approximate surface area is 146 Å². The SMILES string of the molecule is Cc1cc(C)n2c(CNC(=O)COc3cccc(C)c3C)nnc2n1. The fourth-order valence-electron chi connectivity index (χ4n) is 2.66. The molecule has 0 spiro atoms. The highest BCUT2D eigenvalue weighted by Crippen LogP contribution is 2.20. The summed E-state index contributed by atoms with van der Waals surface area (Å²) in [6.45, 7) is 8.08. The van der Waals surface area contributed by atoms with Crippen LogP contribution in [0.1, 0.15) is 28.3 Å². The van der Waals surface area contributed by atoms with Crippen molar-refractivity contribution >= 4 is 11.7 Å². The molecule has 7 heteroatoms. The van der Waals surface area contributed by atoms with Gasteiger partial charge in [0.15, 0.2) is 12.4 Å². The predicted octanol–water partition coefficient (Wildman–Crippen LogP) is 2.05.